The summed E-state index contributed by atoms with van der Waals surface area (Å²) in [6.07, 6.45) is 1.90. The third-order valence-electron chi connectivity index (χ3n) is 4.65. The van der Waals surface area contributed by atoms with Crippen molar-refractivity contribution in [2.24, 2.45) is 5.41 Å². The summed E-state index contributed by atoms with van der Waals surface area (Å²) in [4.78, 5) is 38.3. The normalized spacial score (nSPS) is 19.8. The van der Waals surface area contributed by atoms with Crippen molar-refractivity contribution < 1.29 is 24.2 Å². The molecule has 1 aromatic rings. The van der Waals surface area contributed by atoms with Crippen molar-refractivity contribution >= 4 is 17.8 Å². The van der Waals surface area contributed by atoms with E-state index in [-0.39, 0.29) is 25.0 Å². The maximum absolute atomic E-state index is 12.9. The van der Waals surface area contributed by atoms with Crippen LogP contribution in [0.5, 0.6) is 0 Å². The molecule has 1 atom stereocenters. The molecule has 1 saturated heterocycles. The molecule has 7 nitrogen and oxygen atoms in total. The molecular weight excluding hydrogens is 336 g/mol. The Hall–Kier alpha value is -2.41. The molecule has 0 saturated carbocycles. The first-order valence-corrected chi connectivity index (χ1v) is 8.83. The molecule has 2 N–H and O–H groups in total. The van der Waals surface area contributed by atoms with Crippen LogP contribution in [-0.2, 0) is 9.53 Å². The summed E-state index contributed by atoms with van der Waals surface area (Å²) in [6, 6.07) is 6.52. The number of hydrogen-bond donors (Lipinski definition) is 2. The van der Waals surface area contributed by atoms with Crippen LogP contribution < -0.4 is 5.32 Å². The van der Waals surface area contributed by atoms with E-state index >= 15 is 0 Å². The minimum atomic E-state index is -1.08. The highest BCUT2D eigenvalue weighted by Crippen LogP contribution is 2.31. The molecule has 142 valence electrons. The molecule has 0 radical (unpaired) electrons. The summed E-state index contributed by atoms with van der Waals surface area (Å²) in [5.74, 6) is -1.44. The zero-order chi connectivity index (χ0) is 19.2. The fourth-order valence-electron chi connectivity index (χ4n) is 3.25. The van der Waals surface area contributed by atoms with E-state index in [0.717, 1.165) is 6.42 Å². The van der Waals surface area contributed by atoms with Gasteiger partial charge < -0.3 is 20.1 Å². The summed E-state index contributed by atoms with van der Waals surface area (Å²) in [5, 5.41) is 12.4. The second kappa shape index (κ2) is 8.80. The van der Waals surface area contributed by atoms with Crippen LogP contribution in [-0.4, -0.2) is 61.1 Å². The number of nitrogens with zero attached hydrogens (tertiary/aromatic N) is 1. The topological polar surface area (TPSA) is 95.9 Å². The third kappa shape index (κ3) is 4.40. The van der Waals surface area contributed by atoms with Crippen molar-refractivity contribution in [3.63, 3.8) is 0 Å². The minimum absolute atomic E-state index is 0.0611. The Morgan fingerprint density at radius 1 is 1.31 bits per heavy atom. The second-order valence-electron chi connectivity index (χ2n) is 6.69. The highest BCUT2D eigenvalue weighted by molar-refractivity contribution is 5.99. The molecule has 7 heteroatoms. The Kier molecular flexibility index (Phi) is 6.74. The fraction of sp³-hybridized carbons (Fsp3) is 0.526. The van der Waals surface area contributed by atoms with Gasteiger partial charge in [-0.3, -0.25) is 14.4 Å². The second-order valence-corrected chi connectivity index (χ2v) is 6.69. The van der Waals surface area contributed by atoms with E-state index < -0.39 is 11.4 Å². The molecule has 2 amide bonds. The molecule has 0 aromatic heterocycles. The molecule has 2 rings (SSSR count). The van der Waals surface area contributed by atoms with E-state index in [0.29, 0.717) is 37.1 Å². The summed E-state index contributed by atoms with van der Waals surface area (Å²) >= 11 is 0. The summed E-state index contributed by atoms with van der Waals surface area (Å²) in [6.45, 7) is 3.18. The number of methoxy groups -OCH3 is 1. The van der Waals surface area contributed by atoms with Crippen LogP contribution >= 0.6 is 0 Å². The molecule has 1 heterocycles. The molecular formula is C19H26N2O5. The maximum Gasteiger partial charge on any atom is 0.313 e. The Labute approximate surface area is 153 Å². The van der Waals surface area contributed by atoms with E-state index in [1.807, 2.05) is 6.92 Å². The van der Waals surface area contributed by atoms with Crippen LogP contribution in [0.4, 0.5) is 0 Å². The first-order chi connectivity index (χ1) is 12.4. The number of hydrogen-bond acceptors (Lipinski definition) is 4. The van der Waals surface area contributed by atoms with E-state index in [2.05, 4.69) is 5.32 Å². The van der Waals surface area contributed by atoms with Gasteiger partial charge >= 0.3 is 5.97 Å². The van der Waals surface area contributed by atoms with Crippen molar-refractivity contribution in [1.29, 1.82) is 0 Å². The number of piperidine rings is 1. The molecule has 1 fully saturated rings. The molecule has 1 aliphatic heterocycles. The molecule has 1 aliphatic rings. The van der Waals surface area contributed by atoms with Gasteiger partial charge in [0.1, 0.15) is 5.41 Å². The van der Waals surface area contributed by atoms with Gasteiger partial charge in [-0.2, -0.15) is 0 Å². The smallest absolute Gasteiger partial charge is 0.313 e. The zero-order valence-corrected chi connectivity index (χ0v) is 15.3. The number of amides is 2. The average molecular weight is 362 g/mol. The number of aliphatic carboxylic acids is 1. The third-order valence-corrected chi connectivity index (χ3v) is 4.65. The van der Waals surface area contributed by atoms with E-state index in [1.165, 1.54) is 7.11 Å². The molecule has 0 aliphatic carbocycles. The van der Waals surface area contributed by atoms with Crippen LogP contribution in [0.25, 0.3) is 0 Å². The number of ether oxygens (including phenoxy) is 1. The number of carboxylic acids is 1. The predicted octanol–water partition coefficient (Wildman–Crippen LogP) is 1.78. The van der Waals surface area contributed by atoms with Gasteiger partial charge in [0.2, 0.25) is 0 Å². The first-order valence-electron chi connectivity index (χ1n) is 8.83. The number of rotatable bonds is 7. The largest absolute Gasteiger partial charge is 0.481 e. The van der Waals surface area contributed by atoms with E-state index in [1.54, 1.807) is 29.2 Å². The fourth-order valence-corrected chi connectivity index (χ4v) is 3.25. The summed E-state index contributed by atoms with van der Waals surface area (Å²) in [7, 11) is 1.46. The Morgan fingerprint density at radius 3 is 2.69 bits per heavy atom. The number of carbonyl (C=O) groups is 3. The standard InChI is InChI=1S/C19H26N2O5/c1-3-9-20-16(22)14-6-4-7-15(11-14)17(23)21-10-5-8-19(12-21,13-26-2)18(24)25/h4,6-7,11H,3,5,8-10,12-13H2,1-2H3,(H,20,22)(H,24,25). The van der Waals surface area contributed by atoms with Crippen LogP contribution in [0.3, 0.4) is 0 Å². The van der Waals surface area contributed by atoms with Crippen LogP contribution in [0.1, 0.15) is 46.9 Å². The highest BCUT2D eigenvalue weighted by atomic mass is 16.5. The molecule has 26 heavy (non-hydrogen) atoms. The van der Waals surface area contributed by atoms with Crippen LogP contribution in [0, 0.1) is 5.41 Å². The van der Waals surface area contributed by atoms with Gasteiger partial charge in [0, 0.05) is 37.9 Å². The lowest BCUT2D eigenvalue weighted by atomic mass is 9.80. The molecule has 1 unspecified atom stereocenters. The maximum atomic E-state index is 12.9. The quantitative estimate of drug-likeness (QED) is 0.771. The van der Waals surface area contributed by atoms with Crippen molar-refractivity contribution in [2.45, 2.75) is 26.2 Å². The lowest BCUT2D eigenvalue weighted by Gasteiger charge is -2.39. The van der Waals surface area contributed by atoms with Gasteiger partial charge in [-0.15, -0.1) is 0 Å². The van der Waals surface area contributed by atoms with Gasteiger partial charge in [-0.25, -0.2) is 0 Å². The highest BCUT2D eigenvalue weighted by Gasteiger charge is 2.44. The van der Waals surface area contributed by atoms with Gasteiger partial charge in [-0.1, -0.05) is 13.0 Å². The molecule has 0 spiro atoms. The Bertz CT molecular complexity index is 672. The lowest BCUT2D eigenvalue weighted by molar-refractivity contribution is -0.155. The predicted molar refractivity (Wildman–Crippen MR) is 96.1 cm³/mol. The number of carboxylic acid groups (broad SMARTS) is 1. The van der Waals surface area contributed by atoms with E-state index in [9.17, 15) is 19.5 Å². The molecule has 1 aromatic carbocycles. The van der Waals surface area contributed by atoms with Gasteiger partial charge in [0.15, 0.2) is 0 Å². The summed E-state index contributed by atoms with van der Waals surface area (Å²) in [5.41, 5.74) is -0.283. The van der Waals surface area contributed by atoms with Crippen molar-refractivity contribution in [2.75, 3.05) is 33.4 Å². The number of likely N-dealkylation sites (tertiary alicyclic amines) is 1. The number of benzene rings is 1. The minimum Gasteiger partial charge on any atom is -0.481 e. The van der Waals surface area contributed by atoms with Crippen LogP contribution in [0.2, 0.25) is 0 Å². The SMILES string of the molecule is CCCNC(=O)c1cccc(C(=O)N2CCCC(COC)(C(=O)O)C2)c1. The zero-order valence-electron chi connectivity index (χ0n) is 15.3. The molecule has 0 bridgehead atoms. The van der Waals surface area contributed by atoms with E-state index in [4.69, 9.17) is 4.74 Å². The van der Waals surface area contributed by atoms with Crippen molar-refractivity contribution in [1.82, 2.24) is 10.2 Å². The van der Waals surface area contributed by atoms with Gasteiger partial charge in [0.25, 0.3) is 11.8 Å². The number of nitrogens with one attached hydrogen (secondary N) is 1. The lowest BCUT2D eigenvalue weighted by Crippen LogP contribution is -2.52. The van der Waals surface area contributed by atoms with Gasteiger partial charge in [-0.05, 0) is 37.5 Å². The Morgan fingerprint density at radius 2 is 2.04 bits per heavy atom. The monoisotopic (exact) mass is 362 g/mol. The summed E-state index contributed by atoms with van der Waals surface area (Å²) < 4.78 is 5.10. The average Bonchev–Trinajstić information content (AvgIpc) is 2.66. The Balaban J connectivity index is 2.18. The number of carbonyl (C=O) groups excluding carboxylic acids is 2. The van der Waals surface area contributed by atoms with Crippen LogP contribution in [0.15, 0.2) is 24.3 Å². The van der Waals surface area contributed by atoms with Crippen molar-refractivity contribution in [3.05, 3.63) is 35.4 Å². The van der Waals surface area contributed by atoms with Crippen molar-refractivity contribution in [3.8, 4) is 0 Å². The first kappa shape index (κ1) is 19.9. The van der Waals surface area contributed by atoms with Gasteiger partial charge in [0.05, 0.1) is 6.61 Å².